The summed E-state index contributed by atoms with van der Waals surface area (Å²) in [7, 11) is 0. The van der Waals surface area contributed by atoms with Crippen molar-refractivity contribution in [2.45, 2.75) is 53.1 Å². The van der Waals surface area contributed by atoms with Gasteiger partial charge in [0.25, 0.3) is 0 Å². The lowest BCUT2D eigenvalue weighted by molar-refractivity contribution is -0.121. The van der Waals surface area contributed by atoms with Crippen LogP contribution in [0.4, 0.5) is 0 Å². The molecule has 1 heterocycles. The molecule has 0 unspecified atom stereocenters. The molecule has 5 heteroatoms. The molecule has 1 aromatic heterocycles. The van der Waals surface area contributed by atoms with E-state index in [2.05, 4.69) is 70.2 Å². The second-order valence-corrected chi connectivity index (χ2v) is 7.78. The Labute approximate surface area is 188 Å². The second-order valence-electron chi connectivity index (χ2n) is 7.78. The van der Waals surface area contributed by atoms with Crippen LogP contribution < -0.4 is 5.32 Å². The minimum absolute atomic E-state index is 0.0544. The van der Waals surface area contributed by atoms with Crippen molar-refractivity contribution in [3.8, 4) is 0 Å². The van der Waals surface area contributed by atoms with Crippen molar-refractivity contribution in [3.63, 3.8) is 0 Å². The van der Waals surface area contributed by atoms with E-state index in [4.69, 9.17) is 0 Å². The summed E-state index contributed by atoms with van der Waals surface area (Å²) in [5.41, 5.74) is 2.09. The number of nitrogens with one attached hydrogen (secondary N) is 1. The van der Waals surface area contributed by atoms with Gasteiger partial charge in [-0.25, -0.2) is 0 Å². The minimum Gasteiger partial charge on any atom is -0.350 e. The number of carbonyl (C=O) groups is 1. The Balaban J connectivity index is 0.00000119. The number of carbonyl (C=O) groups excluding carboxylic acids is 1. The smallest absolute Gasteiger partial charge is 0.220 e. The maximum absolute atomic E-state index is 12.3. The lowest BCUT2D eigenvalue weighted by Crippen LogP contribution is -2.22. The summed E-state index contributed by atoms with van der Waals surface area (Å²) in [4.78, 5) is 12.3. The summed E-state index contributed by atoms with van der Waals surface area (Å²) < 4.78 is 1.76. The molecule has 0 spiro atoms. The van der Waals surface area contributed by atoms with Gasteiger partial charge in [0.15, 0.2) is 0 Å². The van der Waals surface area contributed by atoms with E-state index in [-0.39, 0.29) is 5.91 Å². The number of hydrogen-bond acceptors (Lipinski definition) is 3. The van der Waals surface area contributed by atoms with Crippen molar-refractivity contribution >= 4 is 38.2 Å². The van der Waals surface area contributed by atoms with Crippen molar-refractivity contribution < 1.29 is 4.79 Å². The van der Waals surface area contributed by atoms with Crippen molar-refractivity contribution in [2.24, 2.45) is 0 Å². The van der Waals surface area contributed by atoms with Crippen LogP contribution in [0.2, 0.25) is 0 Å². The van der Waals surface area contributed by atoms with Crippen molar-refractivity contribution in [1.82, 2.24) is 20.3 Å². The fourth-order valence-electron chi connectivity index (χ4n) is 4.30. The number of rotatable bonds is 7. The Morgan fingerprint density at radius 2 is 1.62 bits per heavy atom. The molecule has 4 aromatic carbocycles. The fraction of sp³-hybridized carbons (Fsp3) is 0.296. The molecule has 0 aliphatic carbocycles. The summed E-state index contributed by atoms with van der Waals surface area (Å²) >= 11 is 0. The lowest BCUT2D eigenvalue weighted by atomic mass is 9.90. The average molecular weight is 427 g/mol. The predicted molar refractivity (Wildman–Crippen MR) is 132 cm³/mol. The molecule has 164 valence electrons. The topological polar surface area (TPSA) is 59.8 Å². The minimum atomic E-state index is 0.0544. The van der Waals surface area contributed by atoms with E-state index in [0.717, 1.165) is 25.1 Å². The van der Waals surface area contributed by atoms with Gasteiger partial charge < -0.3 is 5.32 Å². The van der Waals surface area contributed by atoms with Crippen LogP contribution in [-0.2, 0) is 24.3 Å². The van der Waals surface area contributed by atoms with Crippen LogP contribution >= 0.6 is 0 Å². The number of amides is 1. The van der Waals surface area contributed by atoms with E-state index in [1.54, 1.807) is 4.68 Å². The summed E-state index contributed by atoms with van der Waals surface area (Å²) in [6.07, 6.45) is 4.07. The average Bonchev–Trinajstić information content (AvgIpc) is 3.31. The largest absolute Gasteiger partial charge is 0.350 e. The molecule has 0 aliphatic rings. The van der Waals surface area contributed by atoms with Crippen LogP contribution in [-0.4, -0.2) is 20.9 Å². The third-order valence-corrected chi connectivity index (χ3v) is 5.85. The molecule has 1 N–H and O–H groups in total. The van der Waals surface area contributed by atoms with E-state index in [9.17, 15) is 4.79 Å². The van der Waals surface area contributed by atoms with Gasteiger partial charge >= 0.3 is 0 Å². The first kappa shape index (κ1) is 21.8. The predicted octanol–water partition coefficient (Wildman–Crippen LogP) is 5.86. The molecule has 5 nitrogen and oxygen atoms in total. The number of aryl methyl sites for hydroxylation is 2. The number of aromatic nitrogens is 3. The van der Waals surface area contributed by atoms with Gasteiger partial charge in [-0.3, -0.25) is 9.48 Å². The Bertz CT molecular complexity index is 1320. The monoisotopic (exact) mass is 426 g/mol. The summed E-state index contributed by atoms with van der Waals surface area (Å²) in [5.74, 6) is 0.0544. The molecular weight excluding hydrogens is 396 g/mol. The molecule has 0 atom stereocenters. The maximum atomic E-state index is 12.3. The quantitative estimate of drug-likeness (QED) is 0.332. The van der Waals surface area contributed by atoms with Gasteiger partial charge in [-0.15, -0.1) is 5.10 Å². The molecule has 0 aliphatic heterocycles. The van der Waals surface area contributed by atoms with Gasteiger partial charge in [0, 0.05) is 13.0 Å². The zero-order chi connectivity index (χ0) is 22.5. The van der Waals surface area contributed by atoms with Crippen LogP contribution in [0, 0.1) is 0 Å². The zero-order valence-electron chi connectivity index (χ0n) is 19.1. The summed E-state index contributed by atoms with van der Waals surface area (Å²) in [6, 6.07) is 19.7. The Kier molecular flexibility index (Phi) is 6.64. The molecule has 0 saturated heterocycles. The fourth-order valence-corrected chi connectivity index (χ4v) is 4.30. The van der Waals surface area contributed by atoms with Crippen LogP contribution in [0.15, 0.2) is 60.8 Å². The molecule has 5 aromatic rings. The van der Waals surface area contributed by atoms with E-state index < -0.39 is 0 Å². The summed E-state index contributed by atoms with van der Waals surface area (Å²) in [6.45, 7) is 7.22. The first-order valence-electron chi connectivity index (χ1n) is 11.5. The van der Waals surface area contributed by atoms with Crippen LogP contribution in [0.1, 0.15) is 44.9 Å². The normalized spacial score (nSPS) is 11.1. The van der Waals surface area contributed by atoms with E-state index in [1.807, 2.05) is 27.0 Å². The maximum Gasteiger partial charge on any atom is 0.220 e. The first-order chi connectivity index (χ1) is 15.7. The standard InChI is InChI=1S/C25H24N4O.C2H6/c1-2-29-16-21(27-28-29)15-26-23(30)8-4-5-17-9-10-20-12-11-18-6-3-7-19-13-14-22(17)25(20)24(18)19;1-2/h3,6-7,9-14,16H,2,4-5,8,15H2,1H3,(H,26,30);1-2H3. The number of nitrogens with zero attached hydrogens (tertiary/aromatic N) is 3. The van der Waals surface area contributed by atoms with Gasteiger partial charge in [-0.1, -0.05) is 73.7 Å². The Morgan fingerprint density at radius 1 is 0.938 bits per heavy atom. The molecule has 0 fully saturated rings. The number of benzene rings is 4. The highest BCUT2D eigenvalue weighted by molar-refractivity contribution is 6.23. The van der Waals surface area contributed by atoms with Gasteiger partial charge in [0.2, 0.25) is 5.91 Å². The van der Waals surface area contributed by atoms with Crippen LogP contribution in [0.3, 0.4) is 0 Å². The molecule has 32 heavy (non-hydrogen) atoms. The first-order valence-corrected chi connectivity index (χ1v) is 11.5. The van der Waals surface area contributed by atoms with Gasteiger partial charge in [0.05, 0.1) is 12.7 Å². The van der Waals surface area contributed by atoms with Crippen molar-refractivity contribution in [3.05, 3.63) is 72.1 Å². The third kappa shape index (κ3) is 4.28. The Morgan fingerprint density at radius 3 is 2.34 bits per heavy atom. The SMILES string of the molecule is CC.CCn1cc(CNC(=O)CCCc2ccc3ccc4cccc5ccc2c3c45)nn1. The summed E-state index contributed by atoms with van der Waals surface area (Å²) in [5, 5.41) is 18.8. The molecular formula is C27H30N4O. The Hall–Kier alpha value is -3.47. The highest BCUT2D eigenvalue weighted by atomic mass is 16.1. The van der Waals surface area contributed by atoms with E-state index >= 15 is 0 Å². The highest BCUT2D eigenvalue weighted by Gasteiger charge is 2.11. The van der Waals surface area contributed by atoms with Gasteiger partial charge in [0.1, 0.15) is 5.69 Å². The molecule has 5 rings (SSSR count). The van der Waals surface area contributed by atoms with Gasteiger partial charge in [-0.05, 0) is 57.6 Å². The molecule has 0 bridgehead atoms. The molecule has 0 radical (unpaired) electrons. The van der Waals surface area contributed by atoms with Gasteiger partial charge in [-0.2, -0.15) is 0 Å². The second kappa shape index (κ2) is 9.77. The van der Waals surface area contributed by atoms with Crippen molar-refractivity contribution in [1.29, 1.82) is 0 Å². The van der Waals surface area contributed by atoms with Crippen LogP contribution in [0.25, 0.3) is 32.3 Å². The highest BCUT2D eigenvalue weighted by Crippen LogP contribution is 2.36. The molecule has 0 saturated carbocycles. The van der Waals surface area contributed by atoms with Crippen molar-refractivity contribution in [2.75, 3.05) is 0 Å². The van der Waals surface area contributed by atoms with E-state index in [0.29, 0.717) is 13.0 Å². The lowest BCUT2D eigenvalue weighted by Gasteiger charge is -2.14. The number of hydrogen-bond donors (Lipinski definition) is 1. The van der Waals surface area contributed by atoms with E-state index in [1.165, 1.54) is 37.9 Å². The van der Waals surface area contributed by atoms with Crippen LogP contribution in [0.5, 0.6) is 0 Å². The zero-order valence-corrected chi connectivity index (χ0v) is 19.1. The molecule has 1 amide bonds. The third-order valence-electron chi connectivity index (χ3n) is 5.85.